The third kappa shape index (κ3) is 4.30. The number of esters is 1. The van der Waals surface area contributed by atoms with Gasteiger partial charge in [0.25, 0.3) is 0 Å². The molecule has 2 aliphatic rings. The smallest absolute Gasteiger partial charge is 0.304 e. The Labute approximate surface area is 189 Å². The van der Waals surface area contributed by atoms with E-state index in [0.717, 1.165) is 12.0 Å². The van der Waals surface area contributed by atoms with E-state index in [-0.39, 0.29) is 16.4 Å². The van der Waals surface area contributed by atoms with E-state index in [9.17, 15) is 18.2 Å². The molecule has 2 atom stereocenters. The molecule has 2 unspecified atom stereocenters. The Kier molecular flexibility index (Phi) is 6.37. The molecule has 1 heterocycles. The molecule has 32 heavy (non-hydrogen) atoms. The fraction of sp³-hybridized carbons (Fsp3) is 0.280. The molecular weight excluding hydrogens is 429 g/mol. The Bertz CT molecular complexity index is 1110. The summed E-state index contributed by atoms with van der Waals surface area (Å²) < 4.78 is 33.0. The van der Waals surface area contributed by atoms with Crippen LogP contribution in [0.2, 0.25) is 0 Å². The van der Waals surface area contributed by atoms with Crippen molar-refractivity contribution in [2.75, 3.05) is 18.8 Å². The highest BCUT2D eigenvalue weighted by Crippen LogP contribution is 2.44. The van der Waals surface area contributed by atoms with E-state index in [0.29, 0.717) is 30.8 Å². The first-order valence-electron chi connectivity index (χ1n) is 10.5. The molecule has 1 aliphatic heterocycles. The van der Waals surface area contributed by atoms with Gasteiger partial charge in [-0.05, 0) is 42.7 Å². The number of benzene rings is 2. The second-order valence-electron chi connectivity index (χ2n) is 7.84. The maximum Gasteiger partial charge on any atom is 0.304 e. The number of ketones is 1. The molecule has 1 fully saturated rings. The second kappa shape index (κ2) is 9.20. The molecule has 0 aromatic heterocycles. The molecule has 0 radical (unpaired) electrons. The van der Waals surface area contributed by atoms with Crippen LogP contribution in [0.4, 0.5) is 4.39 Å². The topological polar surface area (TPSA) is 63.7 Å². The summed E-state index contributed by atoms with van der Waals surface area (Å²) in [5.74, 6) is -1.08. The maximum atomic E-state index is 13.7. The number of hydrogen-bond acceptors (Lipinski definition) is 5. The molecule has 2 aromatic carbocycles. The summed E-state index contributed by atoms with van der Waals surface area (Å²) in [7, 11) is -1.62. The van der Waals surface area contributed by atoms with Crippen LogP contribution in [-0.2, 0) is 37.1 Å². The van der Waals surface area contributed by atoms with Crippen LogP contribution in [0.25, 0.3) is 0 Å². The van der Waals surface area contributed by atoms with E-state index in [4.69, 9.17) is 4.74 Å². The molecular formula is C25H24FNO4S. The van der Waals surface area contributed by atoms with E-state index in [1.807, 2.05) is 35.2 Å². The number of carbonyl (C=O) groups excluding carboxylic acids is 2. The van der Waals surface area contributed by atoms with Gasteiger partial charge in [0, 0.05) is 31.3 Å². The molecule has 1 aliphatic carbocycles. The maximum absolute atomic E-state index is 13.7. The summed E-state index contributed by atoms with van der Waals surface area (Å²) >= 11 is 0. The summed E-state index contributed by atoms with van der Waals surface area (Å²) in [6, 6.07) is 15.3. The zero-order valence-electron chi connectivity index (χ0n) is 17.8. The van der Waals surface area contributed by atoms with E-state index in [1.54, 1.807) is 0 Å². The SMILES string of the molecule is CC(=O)OC1(c2ccc(F)cc2)C=CC(=O)C(S(=O)CCc2ccccc2)=C1N1CCC1. The van der Waals surface area contributed by atoms with E-state index in [1.165, 1.54) is 43.3 Å². The van der Waals surface area contributed by atoms with Gasteiger partial charge in [-0.2, -0.15) is 0 Å². The highest BCUT2D eigenvalue weighted by molar-refractivity contribution is 7.90. The Hall–Kier alpha value is -3.06. The first-order valence-corrected chi connectivity index (χ1v) is 11.8. The highest BCUT2D eigenvalue weighted by Gasteiger charge is 2.48. The number of carbonyl (C=O) groups is 2. The standard InChI is InChI=1S/C25H24FNO4S/c1-18(28)31-25(20-8-10-21(26)11-9-20)14-12-22(29)23(24(25)27-15-5-16-27)32(30)17-13-19-6-3-2-4-7-19/h2-4,6-12,14H,5,13,15-17H2,1H3. The van der Waals surface area contributed by atoms with Crippen molar-refractivity contribution >= 4 is 22.6 Å². The first kappa shape index (κ1) is 22.1. The molecule has 1 saturated heterocycles. The van der Waals surface area contributed by atoms with E-state index < -0.39 is 28.2 Å². The van der Waals surface area contributed by atoms with Gasteiger partial charge in [-0.1, -0.05) is 42.5 Å². The normalized spacial score (nSPS) is 21.3. The van der Waals surface area contributed by atoms with E-state index in [2.05, 4.69) is 0 Å². The first-order chi connectivity index (χ1) is 15.4. The summed E-state index contributed by atoms with van der Waals surface area (Å²) in [5, 5.41) is 0. The average molecular weight is 454 g/mol. The van der Waals surface area contributed by atoms with E-state index >= 15 is 0 Å². The minimum atomic E-state index is -1.62. The summed E-state index contributed by atoms with van der Waals surface area (Å²) in [6.07, 6.45) is 4.28. The number of hydrogen-bond donors (Lipinski definition) is 0. The van der Waals surface area contributed by atoms with Crippen LogP contribution in [0.1, 0.15) is 24.5 Å². The minimum absolute atomic E-state index is 0.147. The average Bonchev–Trinajstić information content (AvgIpc) is 2.74. The lowest BCUT2D eigenvalue weighted by atomic mass is 9.83. The van der Waals surface area contributed by atoms with Gasteiger partial charge in [-0.25, -0.2) is 4.39 Å². The molecule has 0 bridgehead atoms. The molecule has 5 nitrogen and oxygen atoms in total. The molecule has 0 N–H and O–H groups in total. The van der Waals surface area contributed by atoms with Crippen LogP contribution in [0.15, 0.2) is 77.4 Å². The number of halogens is 1. The Morgan fingerprint density at radius 3 is 2.41 bits per heavy atom. The third-order valence-electron chi connectivity index (χ3n) is 5.66. The number of nitrogens with zero attached hydrogens (tertiary/aromatic N) is 1. The van der Waals surface area contributed by atoms with Gasteiger partial charge in [-0.15, -0.1) is 0 Å². The fourth-order valence-electron chi connectivity index (χ4n) is 4.03. The second-order valence-corrected chi connectivity index (χ2v) is 9.34. The molecule has 2 aromatic rings. The Balaban J connectivity index is 1.81. The monoisotopic (exact) mass is 453 g/mol. The van der Waals surface area contributed by atoms with Gasteiger partial charge < -0.3 is 9.64 Å². The predicted octanol–water partition coefficient (Wildman–Crippen LogP) is 3.63. The van der Waals surface area contributed by atoms with Crippen LogP contribution in [0.3, 0.4) is 0 Å². The lowest BCUT2D eigenvalue weighted by molar-refractivity contribution is -0.152. The number of allylic oxidation sites excluding steroid dienone is 2. The quantitative estimate of drug-likeness (QED) is 0.599. The third-order valence-corrected chi connectivity index (χ3v) is 7.08. The van der Waals surface area contributed by atoms with Crippen molar-refractivity contribution in [3.05, 3.63) is 94.3 Å². The predicted molar refractivity (Wildman–Crippen MR) is 120 cm³/mol. The van der Waals surface area contributed by atoms with Crippen molar-refractivity contribution in [3.63, 3.8) is 0 Å². The van der Waals surface area contributed by atoms with Crippen LogP contribution in [-0.4, -0.2) is 39.7 Å². The molecule has 0 saturated carbocycles. The highest BCUT2D eigenvalue weighted by atomic mass is 32.2. The number of aryl methyl sites for hydroxylation is 1. The largest absolute Gasteiger partial charge is 0.443 e. The zero-order valence-corrected chi connectivity index (χ0v) is 18.6. The molecule has 4 rings (SSSR count). The molecule has 7 heteroatoms. The van der Waals surface area contributed by atoms with Gasteiger partial charge in [-0.3, -0.25) is 13.8 Å². The lowest BCUT2D eigenvalue weighted by Crippen LogP contribution is -2.49. The van der Waals surface area contributed by atoms with Gasteiger partial charge in [0.2, 0.25) is 0 Å². The van der Waals surface area contributed by atoms with Gasteiger partial charge in [0.15, 0.2) is 11.4 Å². The lowest BCUT2D eigenvalue weighted by Gasteiger charge is -2.46. The number of rotatable bonds is 7. The Morgan fingerprint density at radius 2 is 1.81 bits per heavy atom. The Morgan fingerprint density at radius 1 is 1.12 bits per heavy atom. The van der Waals surface area contributed by atoms with Crippen molar-refractivity contribution < 1.29 is 22.9 Å². The van der Waals surface area contributed by atoms with Crippen molar-refractivity contribution in [1.82, 2.24) is 4.90 Å². The minimum Gasteiger partial charge on any atom is -0.443 e. The van der Waals surface area contributed by atoms with Crippen molar-refractivity contribution in [1.29, 1.82) is 0 Å². The zero-order chi connectivity index (χ0) is 22.7. The van der Waals surface area contributed by atoms with Crippen LogP contribution in [0, 0.1) is 5.82 Å². The summed E-state index contributed by atoms with van der Waals surface area (Å²) in [4.78, 5) is 27.2. The van der Waals surface area contributed by atoms with Crippen LogP contribution < -0.4 is 0 Å². The van der Waals surface area contributed by atoms with Crippen molar-refractivity contribution in [2.24, 2.45) is 0 Å². The number of ether oxygens (including phenoxy) is 1. The van der Waals surface area contributed by atoms with Gasteiger partial charge >= 0.3 is 5.97 Å². The van der Waals surface area contributed by atoms with Gasteiger partial charge in [0.05, 0.1) is 16.5 Å². The molecule has 0 amide bonds. The fourth-order valence-corrected chi connectivity index (χ4v) is 5.44. The van der Waals surface area contributed by atoms with Crippen molar-refractivity contribution in [2.45, 2.75) is 25.4 Å². The number of likely N-dealkylation sites (tertiary alicyclic amines) is 1. The van der Waals surface area contributed by atoms with Crippen molar-refractivity contribution in [3.8, 4) is 0 Å². The van der Waals surface area contributed by atoms with Crippen LogP contribution >= 0.6 is 0 Å². The summed E-state index contributed by atoms with van der Waals surface area (Å²) in [5.41, 5.74) is 0.503. The molecule has 0 spiro atoms. The van der Waals surface area contributed by atoms with Gasteiger partial charge in [0.1, 0.15) is 10.7 Å². The van der Waals surface area contributed by atoms with Crippen LogP contribution in [0.5, 0.6) is 0 Å². The molecule has 166 valence electrons. The summed E-state index contributed by atoms with van der Waals surface area (Å²) in [6.45, 7) is 2.59.